The molecule has 0 bridgehead atoms. The second-order valence-electron chi connectivity index (χ2n) is 4.58. The quantitative estimate of drug-likeness (QED) is 0.752. The van der Waals surface area contributed by atoms with E-state index in [1.54, 1.807) is 20.4 Å². The first-order valence-corrected chi connectivity index (χ1v) is 6.88. The molecule has 0 saturated heterocycles. The Morgan fingerprint density at radius 2 is 2.00 bits per heavy atom. The van der Waals surface area contributed by atoms with Crippen molar-refractivity contribution in [3.8, 4) is 11.5 Å². The zero-order valence-electron chi connectivity index (χ0n) is 11.8. The molecule has 3 rings (SSSR count). The Balaban J connectivity index is 2.03. The van der Waals surface area contributed by atoms with Crippen LogP contribution in [0, 0.1) is 4.77 Å². The van der Waals surface area contributed by atoms with Crippen molar-refractivity contribution in [3.05, 3.63) is 46.9 Å². The SMILES string of the molecule is COc1ccc(Cn2c(=S)[nH]c3cccnc32)cc1OC. The summed E-state index contributed by atoms with van der Waals surface area (Å²) in [6, 6.07) is 9.67. The molecular formula is C15H15N3O2S. The van der Waals surface area contributed by atoms with Gasteiger partial charge in [0, 0.05) is 6.20 Å². The van der Waals surface area contributed by atoms with Crippen LogP contribution in [-0.4, -0.2) is 28.8 Å². The molecule has 0 saturated carbocycles. The van der Waals surface area contributed by atoms with Crippen molar-refractivity contribution in [2.45, 2.75) is 6.54 Å². The highest BCUT2D eigenvalue weighted by molar-refractivity contribution is 7.71. The number of aromatic amines is 1. The van der Waals surface area contributed by atoms with Crippen LogP contribution in [0.25, 0.3) is 11.2 Å². The van der Waals surface area contributed by atoms with Gasteiger partial charge in [-0.1, -0.05) is 6.07 Å². The summed E-state index contributed by atoms with van der Waals surface area (Å²) < 4.78 is 13.2. The molecule has 0 unspecified atom stereocenters. The summed E-state index contributed by atoms with van der Waals surface area (Å²) in [5.41, 5.74) is 2.84. The summed E-state index contributed by atoms with van der Waals surface area (Å²) in [6.07, 6.45) is 1.76. The lowest BCUT2D eigenvalue weighted by Gasteiger charge is -2.10. The lowest BCUT2D eigenvalue weighted by Crippen LogP contribution is -2.01. The Labute approximate surface area is 127 Å². The average molecular weight is 301 g/mol. The predicted molar refractivity (Wildman–Crippen MR) is 83.6 cm³/mol. The van der Waals surface area contributed by atoms with Gasteiger partial charge in [0.2, 0.25) is 0 Å². The molecule has 1 aromatic carbocycles. The molecule has 2 heterocycles. The van der Waals surface area contributed by atoms with E-state index in [1.165, 1.54) is 0 Å². The van der Waals surface area contributed by atoms with Crippen molar-refractivity contribution in [1.82, 2.24) is 14.5 Å². The van der Waals surface area contributed by atoms with Crippen molar-refractivity contribution < 1.29 is 9.47 Å². The number of pyridine rings is 1. The van der Waals surface area contributed by atoms with Crippen molar-refractivity contribution in [2.75, 3.05) is 14.2 Å². The van der Waals surface area contributed by atoms with Gasteiger partial charge in [-0.15, -0.1) is 0 Å². The molecule has 5 nitrogen and oxygen atoms in total. The van der Waals surface area contributed by atoms with Crippen LogP contribution in [0.3, 0.4) is 0 Å². The molecule has 0 amide bonds. The smallest absolute Gasteiger partial charge is 0.179 e. The highest BCUT2D eigenvalue weighted by Crippen LogP contribution is 2.28. The molecule has 1 N–H and O–H groups in total. The molecule has 3 aromatic rings. The molecule has 0 atom stereocenters. The number of H-pyrrole nitrogens is 1. The third kappa shape index (κ3) is 2.50. The zero-order chi connectivity index (χ0) is 14.8. The summed E-state index contributed by atoms with van der Waals surface area (Å²) in [6.45, 7) is 0.621. The summed E-state index contributed by atoms with van der Waals surface area (Å²) in [4.78, 5) is 7.54. The Hall–Kier alpha value is -2.34. The van der Waals surface area contributed by atoms with E-state index in [9.17, 15) is 0 Å². The Morgan fingerprint density at radius 3 is 2.76 bits per heavy atom. The van der Waals surface area contributed by atoms with E-state index in [2.05, 4.69) is 9.97 Å². The molecule has 0 aliphatic rings. The van der Waals surface area contributed by atoms with E-state index in [1.807, 2.05) is 34.9 Å². The zero-order valence-corrected chi connectivity index (χ0v) is 12.6. The summed E-state index contributed by atoms with van der Waals surface area (Å²) in [5, 5.41) is 0. The Bertz CT molecular complexity index is 838. The van der Waals surface area contributed by atoms with Gasteiger partial charge in [0.25, 0.3) is 0 Å². The average Bonchev–Trinajstić information content (AvgIpc) is 2.83. The first-order chi connectivity index (χ1) is 10.2. The predicted octanol–water partition coefficient (Wildman–Crippen LogP) is 3.16. The van der Waals surface area contributed by atoms with Crippen LogP contribution in [-0.2, 0) is 6.54 Å². The summed E-state index contributed by atoms with van der Waals surface area (Å²) >= 11 is 5.37. The Kier molecular flexibility index (Phi) is 3.62. The number of rotatable bonds is 4. The van der Waals surface area contributed by atoms with Gasteiger partial charge in [0.1, 0.15) is 0 Å². The van der Waals surface area contributed by atoms with Crippen LogP contribution >= 0.6 is 12.2 Å². The Morgan fingerprint density at radius 1 is 1.19 bits per heavy atom. The summed E-state index contributed by atoms with van der Waals surface area (Å²) in [7, 11) is 3.25. The van der Waals surface area contributed by atoms with Crippen LogP contribution in [0.4, 0.5) is 0 Å². The van der Waals surface area contributed by atoms with Crippen molar-refractivity contribution in [3.63, 3.8) is 0 Å². The van der Waals surface area contributed by atoms with E-state index in [-0.39, 0.29) is 0 Å². The fraction of sp³-hybridized carbons (Fsp3) is 0.200. The lowest BCUT2D eigenvalue weighted by molar-refractivity contribution is 0.354. The van der Waals surface area contributed by atoms with Gasteiger partial charge in [0.05, 0.1) is 26.3 Å². The monoisotopic (exact) mass is 301 g/mol. The number of ether oxygens (including phenoxy) is 2. The van der Waals surface area contributed by atoms with E-state index in [0.717, 1.165) is 16.7 Å². The minimum atomic E-state index is 0.621. The number of nitrogens with zero attached hydrogens (tertiary/aromatic N) is 2. The molecule has 0 aliphatic heterocycles. The van der Waals surface area contributed by atoms with Gasteiger partial charge < -0.3 is 14.5 Å². The number of benzene rings is 1. The second kappa shape index (κ2) is 5.57. The number of aromatic nitrogens is 3. The lowest BCUT2D eigenvalue weighted by atomic mass is 10.2. The molecule has 0 spiro atoms. The maximum atomic E-state index is 5.37. The van der Waals surface area contributed by atoms with Crippen molar-refractivity contribution >= 4 is 23.4 Å². The van der Waals surface area contributed by atoms with E-state index in [4.69, 9.17) is 21.7 Å². The van der Waals surface area contributed by atoms with Gasteiger partial charge in [-0.3, -0.25) is 4.57 Å². The fourth-order valence-corrected chi connectivity index (χ4v) is 2.56. The van der Waals surface area contributed by atoms with Gasteiger partial charge in [-0.05, 0) is 42.0 Å². The molecule has 2 aromatic heterocycles. The van der Waals surface area contributed by atoms with Crippen LogP contribution in [0.5, 0.6) is 11.5 Å². The van der Waals surface area contributed by atoms with Gasteiger partial charge in [-0.25, -0.2) is 4.98 Å². The van der Waals surface area contributed by atoms with Crippen LogP contribution in [0.15, 0.2) is 36.5 Å². The normalized spacial score (nSPS) is 10.8. The second-order valence-corrected chi connectivity index (χ2v) is 4.97. The number of methoxy groups -OCH3 is 2. The van der Waals surface area contributed by atoms with Gasteiger partial charge in [-0.2, -0.15) is 0 Å². The first kappa shape index (κ1) is 13.6. The van der Waals surface area contributed by atoms with Crippen molar-refractivity contribution in [2.24, 2.45) is 0 Å². The van der Waals surface area contributed by atoms with Crippen LogP contribution in [0.2, 0.25) is 0 Å². The molecule has 0 radical (unpaired) electrons. The molecule has 6 heteroatoms. The third-order valence-electron chi connectivity index (χ3n) is 3.32. The topological polar surface area (TPSA) is 52.1 Å². The molecule has 21 heavy (non-hydrogen) atoms. The number of hydrogen-bond donors (Lipinski definition) is 1. The number of hydrogen-bond acceptors (Lipinski definition) is 4. The van der Waals surface area contributed by atoms with Crippen LogP contribution in [0.1, 0.15) is 5.56 Å². The number of fused-ring (bicyclic) bond motifs is 1. The maximum Gasteiger partial charge on any atom is 0.179 e. The highest BCUT2D eigenvalue weighted by atomic mass is 32.1. The van der Waals surface area contributed by atoms with Gasteiger partial charge in [0.15, 0.2) is 21.9 Å². The minimum Gasteiger partial charge on any atom is -0.493 e. The first-order valence-electron chi connectivity index (χ1n) is 6.47. The van der Waals surface area contributed by atoms with E-state index < -0.39 is 0 Å². The van der Waals surface area contributed by atoms with Crippen molar-refractivity contribution in [1.29, 1.82) is 0 Å². The third-order valence-corrected chi connectivity index (χ3v) is 3.64. The van der Waals surface area contributed by atoms with Crippen LogP contribution < -0.4 is 9.47 Å². The van der Waals surface area contributed by atoms with Gasteiger partial charge >= 0.3 is 0 Å². The summed E-state index contributed by atoms with van der Waals surface area (Å²) in [5.74, 6) is 1.41. The number of imidazole rings is 1. The molecule has 0 aliphatic carbocycles. The maximum absolute atomic E-state index is 5.37. The number of nitrogens with one attached hydrogen (secondary N) is 1. The largest absolute Gasteiger partial charge is 0.493 e. The fourth-order valence-electron chi connectivity index (χ4n) is 2.30. The standard InChI is InChI=1S/C15H15N3O2S/c1-19-12-6-5-10(8-13(12)20-2)9-18-14-11(17-15(18)21)4-3-7-16-14/h3-8H,9H2,1-2H3,(H,17,21). The minimum absolute atomic E-state index is 0.621. The van der Waals surface area contributed by atoms with E-state index >= 15 is 0 Å². The van der Waals surface area contributed by atoms with E-state index in [0.29, 0.717) is 22.8 Å². The molecule has 0 fully saturated rings. The molecule has 108 valence electrons. The molecular weight excluding hydrogens is 286 g/mol. The highest BCUT2D eigenvalue weighted by Gasteiger charge is 2.08.